The van der Waals surface area contributed by atoms with Crippen molar-refractivity contribution in [1.29, 1.82) is 0 Å². The lowest BCUT2D eigenvalue weighted by Crippen LogP contribution is -2.52. The topological polar surface area (TPSA) is 38.5 Å². The van der Waals surface area contributed by atoms with Crippen molar-refractivity contribution in [3.63, 3.8) is 0 Å². The zero-order valence-corrected chi connectivity index (χ0v) is 13.5. The van der Waals surface area contributed by atoms with Crippen LogP contribution in [-0.4, -0.2) is 43.3 Å². The molecular formula is C17H34N2O. The van der Waals surface area contributed by atoms with E-state index in [1.807, 2.05) is 0 Å². The van der Waals surface area contributed by atoms with Crippen LogP contribution in [0.4, 0.5) is 0 Å². The van der Waals surface area contributed by atoms with Crippen LogP contribution in [0.15, 0.2) is 0 Å². The quantitative estimate of drug-likeness (QED) is 0.814. The summed E-state index contributed by atoms with van der Waals surface area (Å²) in [5.74, 6) is 1.63. The van der Waals surface area contributed by atoms with E-state index < -0.39 is 0 Å². The van der Waals surface area contributed by atoms with E-state index >= 15 is 0 Å². The molecule has 1 aliphatic carbocycles. The first-order valence-electron chi connectivity index (χ1n) is 8.84. The van der Waals surface area contributed by atoms with Gasteiger partial charge in [0.05, 0.1) is 6.10 Å². The summed E-state index contributed by atoms with van der Waals surface area (Å²) in [4.78, 5) is 2.71. The molecule has 118 valence electrons. The molecule has 0 radical (unpaired) electrons. The summed E-state index contributed by atoms with van der Waals surface area (Å²) in [6.07, 6.45) is 9.53. The molecule has 0 bridgehead atoms. The van der Waals surface area contributed by atoms with Crippen LogP contribution in [0.2, 0.25) is 0 Å². The zero-order chi connectivity index (χ0) is 14.4. The second kappa shape index (κ2) is 8.35. The molecule has 2 rings (SSSR count). The highest BCUT2D eigenvalue weighted by atomic mass is 16.5. The minimum atomic E-state index is 0.462. The maximum Gasteiger partial charge on any atom is 0.0702 e. The molecule has 1 heterocycles. The van der Waals surface area contributed by atoms with Gasteiger partial charge < -0.3 is 10.5 Å². The van der Waals surface area contributed by atoms with Crippen molar-refractivity contribution in [2.75, 3.05) is 26.2 Å². The molecule has 20 heavy (non-hydrogen) atoms. The highest BCUT2D eigenvalue weighted by Gasteiger charge is 2.35. The Hall–Kier alpha value is -0.120. The number of hydrogen-bond donors (Lipinski definition) is 1. The average molecular weight is 282 g/mol. The van der Waals surface area contributed by atoms with Crippen molar-refractivity contribution in [3.05, 3.63) is 0 Å². The van der Waals surface area contributed by atoms with Gasteiger partial charge in [0.25, 0.3) is 0 Å². The molecule has 2 fully saturated rings. The predicted molar refractivity (Wildman–Crippen MR) is 84.8 cm³/mol. The fraction of sp³-hybridized carbons (Fsp3) is 1.00. The monoisotopic (exact) mass is 282 g/mol. The van der Waals surface area contributed by atoms with Gasteiger partial charge in [-0.1, -0.05) is 26.7 Å². The fourth-order valence-corrected chi connectivity index (χ4v) is 4.07. The van der Waals surface area contributed by atoms with Crippen LogP contribution >= 0.6 is 0 Å². The van der Waals surface area contributed by atoms with Crippen LogP contribution in [0.1, 0.15) is 58.8 Å². The van der Waals surface area contributed by atoms with E-state index in [1.54, 1.807) is 0 Å². The third kappa shape index (κ3) is 4.19. The Morgan fingerprint density at radius 2 is 2.05 bits per heavy atom. The van der Waals surface area contributed by atoms with E-state index in [1.165, 1.54) is 45.1 Å². The van der Waals surface area contributed by atoms with Crippen molar-refractivity contribution in [1.82, 2.24) is 4.90 Å². The summed E-state index contributed by atoms with van der Waals surface area (Å²) < 4.78 is 6.00. The van der Waals surface area contributed by atoms with Gasteiger partial charge in [0.2, 0.25) is 0 Å². The average Bonchev–Trinajstić information content (AvgIpc) is 2.52. The Kier molecular flexibility index (Phi) is 6.79. The summed E-state index contributed by atoms with van der Waals surface area (Å²) in [7, 11) is 0. The van der Waals surface area contributed by atoms with Crippen molar-refractivity contribution >= 4 is 0 Å². The van der Waals surface area contributed by atoms with E-state index in [9.17, 15) is 0 Å². The van der Waals surface area contributed by atoms with Crippen LogP contribution in [0, 0.1) is 11.8 Å². The highest BCUT2D eigenvalue weighted by molar-refractivity contribution is 4.89. The molecule has 0 aromatic heterocycles. The second-order valence-electron chi connectivity index (χ2n) is 6.78. The van der Waals surface area contributed by atoms with Gasteiger partial charge in [-0.25, -0.2) is 0 Å². The predicted octanol–water partition coefficient (Wildman–Crippen LogP) is 3.03. The SMILES string of the molecule is CCCOC1CCCN(C2CC(CC)CCC2CN)C1. The maximum absolute atomic E-state index is 6.04. The van der Waals surface area contributed by atoms with Crippen molar-refractivity contribution < 1.29 is 4.74 Å². The number of ether oxygens (including phenoxy) is 1. The molecular weight excluding hydrogens is 248 g/mol. The lowest BCUT2D eigenvalue weighted by atomic mass is 9.76. The molecule has 1 saturated heterocycles. The summed E-state index contributed by atoms with van der Waals surface area (Å²) in [6.45, 7) is 8.70. The maximum atomic E-state index is 6.04. The number of nitrogens with zero attached hydrogens (tertiary/aromatic N) is 1. The lowest BCUT2D eigenvalue weighted by Gasteiger charge is -2.45. The largest absolute Gasteiger partial charge is 0.377 e. The number of rotatable bonds is 6. The van der Waals surface area contributed by atoms with E-state index in [0.717, 1.165) is 32.0 Å². The van der Waals surface area contributed by atoms with Crippen LogP contribution in [0.5, 0.6) is 0 Å². The Bertz CT molecular complexity index is 272. The zero-order valence-electron chi connectivity index (χ0n) is 13.5. The third-order valence-electron chi connectivity index (χ3n) is 5.38. The van der Waals surface area contributed by atoms with Gasteiger partial charge in [0.15, 0.2) is 0 Å². The first-order valence-corrected chi connectivity index (χ1v) is 8.84. The number of hydrogen-bond acceptors (Lipinski definition) is 3. The Balaban J connectivity index is 1.92. The summed E-state index contributed by atoms with van der Waals surface area (Å²) in [5.41, 5.74) is 6.04. The van der Waals surface area contributed by atoms with Gasteiger partial charge in [-0.3, -0.25) is 4.90 Å². The third-order valence-corrected chi connectivity index (χ3v) is 5.38. The molecule has 0 amide bonds. The standard InChI is InChI=1S/C17H34N2O/c1-3-10-20-16-6-5-9-19(13-16)17-11-14(4-2)7-8-15(17)12-18/h14-17H,3-13,18H2,1-2H3. The van der Waals surface area contributed by atoms with Gasteiger partial charge in [0, 0.05) is 19.2 Å². The fourth-order valence-electron chi connectivity index (χ4n) is 4.07. The first kappa shape index (κ1) is 16.3. The van der Waals surface area contributed by atoms with Crippen molar-refractivity contribution in [2.45, 2.75) is 70.9 Å². The molecule has 4 atom stereocenters. The molecule has 1 aliphatic heterocycles. The molecule has 2 N–H and O–H groups in total. The molecule has 1 saturated carbocycles. The second-order valence-corrected chi connectivity index (χ2v) is 6.78. The van der Waals surface area contributed by atoms with Crippen molar-refractivity contribution in [3.8, 4) is 0 Å². The molecule has 0 aromatic rings. The minimum Gasteiger partial charge on any atom is -0.377 e. The number of likely N-dealkylation sites (tertiary alicyclic amines) is 1. The van der Waals surface area contributed by atoms with E-state index in [-0.39, 0.29) is 0 Å². The minimum absolute atomic E-state index is 0.462. The van der Waals surface area contributed by atoms with Gasteiger partial charge >= 0.3 is 0 Å². The van der Waals surface area contributed by atoms with Crippen LogP contribution in [0.3, 0.4) is 0 Å². The van der Waals surface area contributed by atoms with Crippen LogP contribution in [0.25, 0.3) is 0 Å². The van der Waals surface area contributed by atoms with Crippen LogP contribution in [-0.2, 0) is 4.74 Å². The molecule has 3 nitrogen and oxygen atoms in total. The Labute approximate surface area is 125 Å². The van der Waals surface area contributed by atoms with Gasteiger partial charge in [-0.2, -0.15) is 0 Å². The summed E-state index contributed by atoms with van der Waals surface area (Å²) in [6, 6.07) is 0.715. The van der Waals surface area contributed by atoms with Crippen LogP contribution < -0.4 is 5.73 Å². The van der Waals surface area contributed by atoms with Gasteiger partial charge in [-0.05, 0) is 57.0 Å². The smallest absolute Gasteiger partial charge is 0.0702 e. The Morgan fingerprint density at radius 3 is 2.75 bits per heavy atom. The summed E-state index contributed by atoms with van der Waals surface area (Å²) >= 11 is 0. The lowest BCUT2D eigenvalue weighted by molar-refractivity contribution is -0.0312. The molecule has 3 heteroatoms. The Morgan fingerprint density at radius 1 is 1.20 bits per heavy atom. The number of piperidine rings is 1. The van der Waals surface area contributed by atoms with E-state index in [4.69, 9.17) is 10.5 Å². The normalized spacial score (nSPS) is 36.1. The number of nitrogens with two attached hydrogens (primary N) is 1. The first-order chi connectivity index (χ1) is 9.78. The molecule has 0 aromatic carbocycles. The molecule has 2 aliphatic rings. The highest BCUT2D eigenvalue weighted by Crippen LogP contribution is 2.35. The van der Waals surface area contributed by atoms with E-state index in [0.29, 0.717) is 18.1 Å². The summed E-state index contributed by atoms with van der Waals surface area (Å²) in [5, 5.41) is 0. The van der Waals surface area contributed by atoms with Gasteiger partial charge in [0.1, 0.15) is 0 Å². The molecule has 4 unspecified atom stereocenters. The van der Waals surface area contributed by atoms with E-state index in [2.05, 4.69) is 18.7 Å². The molecule has 0 spiro atoms. The van der Waals surface area contributed by atoms with Crippen molar-refractivity contribution in [2.24, 2.45) is 17.6 Å². The van der Waals surface area contributed by atoms with Gasteiger partial charge in [-0.15, -0.1) is 0 Å².